The molecule has 0 aromatic carbocycles. The van der Waals surface area contributed by atoms with Gasteiger partial charge in [-0.15, -0.1) is 0 Å². The highest BCUT2D eigenvalue weighted by atomic mass is 32.3. The summed E-state index contributed by atoms with van der Waals surface area (Å²) in [7, 11) is -23.8. The molecule has 0 radical (unpaired) electrons. The van der Waals surface area contributed by atoms with E-state index in [-0.39, 0.29) is 69.3 Å². The van der Waals surface area contributed by atoms with Crippen LogP contribution in [0.3, 0.4) is 0 Å². The maximum atomic E-state index is 14.4. The van der Waals surface area contributed by atoms with Crippen molar-refractivity contribution in [3.8, 4) is 0 Å². The molecule has 5 aliphatic heterocycles. The number of hydrogen-bond acceptors (Lipinski definition) is 55. The van der Waals surface area contributed by atoms with Crippen molar-refractivity contribution in [1.82, 2.24) is 0 Å². The minimum atomic E-state index is -5.63. The van der Waals surface area contributed by atoms with E-state index in [4.69, 9.17) is 133 Å². The van der Waals surface area contributed by atoms with Crippen LogP contribution in [-0.4, -0.2) is 421 Å². The van der Waals surface area contributed by atoms with Crippen LogP contribution in [0, 0.1) is 0 Å². The number of thioether (sulfide) groups is 1. The molecular weight excluding hydrogens is 1830 g/mol. The SMILES string of the molecule is COC(=O)[C@H]1O[C@@H](O[C@H]2[C@H](OS(=O)(=O)OC)[C@@H](OS(=O)(=O)OC)[C@@H](O[C@H]3[C@H](OC)[C@@H](OC)[C@H](O[C@H]4[C@H](OS(=O)(=O)OC)[C@@H](OS(=O)(=O)OC)[C@@H](OC)O[C@@H]4COS(=O)(=O)OC)O[C@H]3C(=O)OC)O[C@@H]2COS(=O)(=O)OC)[C@H](OC)[C@@H](OC)[C@@H]1O[C@H]1O[C@H](COS(=O)(=O)OC)[C@@H](OCCOCCOCCOCCCC(=O)CSC(C)=O)[C@H](OC)[C@H]1OC. The lowest BCUT2D eigenvalue weighted by molar-refractivity contribution is -0.388. The molecule has 0 N–H and O–H groups in total. The van der Waals surface area contributed by atoms with Crippen LogP contribution in [0.25, 0.3) is 0 Å². The zero-order valence-corrected chi connectivity index (χ0v) is 74.5. The van der Waals surface area contributed by atoms with Gasteiger partial charge in [-0.25, -0.2) is 38.9 Å². The van der Waals surface area contributed by atoms with Gasteiger partial charge in [0.15, 0.2) is 61.0 Å². The number of carbonyl (C=O) groups is 4. The van der Waals surface area contributed by atoms with Gasteiger partial charge in [0, 0.05) is 69.7 Å². The standard InChI is InChI=1S/C59H102O54S8/c1-31(60)114-30-32(61)19-18-20-94-21-22-95-23-24-96-25-26-97-36-33(27-98-115(64,65)87-11)102-56(48(81-5)39(36)78-2)106-42-40(79-3)49(82-6)58(108-46(42)53(62)84-8)105-38-35(29-100-117(68,69)89-13)103-59(52(113-121(76,77)93-17)45(38)111-119(72,73)91-15)107-43-41(80-4)50(83-7)57(109-47(43)54(63)85-9)104-37-34(28-99-116(66,67)88-12)101-55(86-10)51(112-120(74,75)92-16)44(37)110-118(70,71)90-14/h33-52,55-59H,18-30H2,1-17H3/t33-,34-,35-,36-,37-,38-,39+,40+,41+,42+,43+,44+,45+,46+,47-,48-,49-,50-,51-,52-,55+,56-,57-,58-,59-/m1/s1. The van der Waals surface area contributed by atoms with Crippen LogP contribution in [0.1, 0.15) is 19.8 Å². The molecule has 5 rings (SSSR count). The van der Waals surface area contributed by atoms with Crippen LogP contribution in [0.4, 0.5) is 0 Å². The number of ether oxygens (including phenoxy) is 22. The largest absolute Gasteiger partial charge is 0.467 e. The Bertz CT molecular complexity index is 4020. The highest BCUT2D eigenvalue weighted by Crippen LogP contribution is 2.42. The lowest BCUT2D eigenvalue weighted by atomic mass is 9.94. The average Bonchev–Trinajstić information content (AvgIpc) is 0.758. The Balaban J connectivity index is 1.58. The summed E-state index contributed by atoms with van der Waals surface area (Å²) >= 11 is 0.929. The van der Waals surface area contributed by atoms with Crippen molar-refractivity contribution in [3.05, 3.63) is 0 Å². The molecule has 5 heterocycles. The number of methoxy groups -OCH3 is 9. The van der Waals surface area contributed by atoms with Crippen LogP contribution >= 0.6 is 11.8 Å². The maximum absolute atomic E-state index is 14.4. The quantitative estimate of drug-likeness (QED) is 0.0404. The van der Waals surface area contributed by atoms with Crippen molar-refractivity contribution in [2.24, 2.45) is 0 Å². The third-order valence-electron chi connectivity index (χ3n) is 17.6. The minimum Gasteiger partial charge on any atom is -0.467 e. The Kier molecular flexibility index (Phi) is 45.5. The summed E-state index contributed by atoms with van der Waals surface area (Å²) in [4.78, 5) is 51.8. The van der Waals surface area contributed by atoms with Crippen molar-refractivity contribution in [1.29, 1.82) is 0 Å². The van der Waals surface area contributed by atoms with Gasteiger partial charge >= 0.3 is 84.7 Å². The molecule has 0 aliphatic carbocycles. The molecule has 0 saturated carbocycles. The molecule has 0 spiro atoms. The first-order chi connectivity index (χ1) is 57.0. The molecule has 710 valence electrons. The summed E-state index contributed by atoms with van der Waals surface area (Å²) in [5, 5.41) is -0.161. The van der Waals surface area contributed by atoms with E-state index in [0.717, 1.165) is 68.6 Å². The molecule has 121 heavy (non-hydrogen) atoms. The van der Waals surface area contributed by atoms with Crippen molar-refractivity contribution in [2.75, 3.05) is 186 Å². The molecule has 5 aliphatic rings. The van der Waals surface area contributed by atoms with E-state index in [0.29, 0.717) is 49.1 Å². The Morgan fingerprint density at radius 3 is 0.917 bits per heavy atom. The van der Waals surface area contributed by atoms with Crippen molar-refractivity contribution in [3.63, 3.8) is 0 Å². The Morgan fingerprint density at radius 1 is 0.298 bits per heavy atom. The zero-order valence-electron chi connectivity index (χ0n) is 67.9. The van der Waals surface area contributed by atoms with Gasteiger partial charge in [0.1, 0.15) is 103 Å². The summed E-state index contributed by atoms with van der Waals surface area (Å²) in [5.74, 6) is -2.90. The predicted octanol–water partition coefficient (Wildman–Crippen LogP) is -5.87. The highest BCUT2D eigenvalue weighted by molar-refractivity contribution is 8.14. The lowest BCUT2D eigenvalue weighted by Crippen LogP contribution is -2.70. The molecule has 0 amide bonds. The minimum absolute atomic E-state index is 0.0490. The van der Waals surface area contributed by atoms with Crippen LogP contribution < -0.4 is 0 Å². The van der Waals surface area contributed by atoms with Crippen molar-refractivity contribution < 1.29 is 241 Å². The predicted molar refractivity (Wildman–Crippen MR) is 387 cm³/mol. The van der Waals surface area contributed by atoms with Crippen LogP contribution in [0.5, 0.6) is 0 Å². The molecule has 0 aromatic rings. The molecule has 5 saturated heterocycles. The Morgan fingerprint density at radius 2 is 0.587 bits per heavy atom. The lowest BCUT2D eigenvalue weighted by Gasteiger charge is -2.51. The highest BCUT2D eigenvalue weighted by Gasteiger charge is 2.63. The molecule has 0 aromatic heterocycles. The fourth-order valence-electron chi connectivity index (χ4n) is 12.0. The summed E-state index contributed by atoms with van der Waals surface area (Å²) < 4.78 is 383. The molecular formula is C59H102O54S8. The van der Waals surface area contributed by atoms with Gasteiger partial charge in [-0.05, 0) is 6.42 Å². The fourth-order valence-corrected chi connectivity index (χ4v) is 16.0. The van der Waals surface area contributed by atoms with Crippen LogP contribution in [-0.2, 0) is 255 Å². The van der Waals surface area contributed by atoms with Gasteiger partial charge in [0.25, 0.3) is 0 Å². The second-order valence-electron chi connectivity index (χ2n) is 24.6. The normalized spacial score (nSPS) is 31.8. The number of Topliss-reactive ketones (excluding diaryl/α,β-unsaturated/α-hetero) is 1. The Labute approximate surface area is 703 Å². The number of ketones is 1. The van der Waals surface area contributed by atoms with Gasteiger partial charge < -0.3 is 104 Å². The topological polar surface area (TPSA) is 640 Å². The molecule has 0 unspecified atom stereocenters. The second-order valence-corrected chi connectivity index (χ2v) is 35.3. The molecule has 62 heteroatoms. The van der Waals surface area contributed by atoms with Crippen LogP contribution in [0.15, 0.2) is 0 Å². The summed E-state index contributed by atoms with van der Waals surface area (Å²) in [5.41, 5.74) is 0. The summed E-state index contributed by atoms with van der Waals surface area (Å²) in [6.07, 6.45) is -53.3. The second kappa shape index (κ2) is 50.8. The first kappa shape index (κ1) is 108. The number of rotatable bonds is 57. The smallest absolute Gasteiger partial charge is 0.400 e. The molecule has 25 atom stereocenters. The van der Waals surface area contributed by atoms with Gasteiger partial charge in [-0.2, -0.15) is 58.9 Å². The zero-order chi connectivity index (χ0) is 90.6. The van der Waals surface area contributed by atoms with Crippen molar-refractivity contribution >= 4 is 107 Å². The van der Waals surface area contributed by atoms with E-state index >= 15 is 0 Å². The number of esters is 2. The van der Waals surface area contributed by atoms with Gasteiger partial charge in [-0.3, -0.25) is 38.9 Å². The van der Waals surface area contributed by atoms with E-state index < -0.39 is 258 Å². The molecule has 5 fully saturated rings. The van der Waals surface area contributed by atoms with E-state index in [1.165, 1.54) is 21.1 Å². The monoisotopic (exact) mass is 1930 g/mol. The van der Waals surface area contributed by atoms with Crippen LogP contribution in [0.2, 0.25) is 0 Å². The Hall–Kier alpha value is -3.08. The van der Waals surface area contributed by atoms with E-state index in [1.807, 2.05) is 0 Å². The first-order valence-corrected chi connectivity index (χ1v) is 45.4. The summed E-state index contributed by atoms with van der Waals surface area (Å²) in [6, 6.07) is 0. The van der Waals surface area contributed by atoms with Gasteiger partial charge in [0.2, 0.25) is 0 Å². The van der Waals surface area contributed by atoms with E-state index in [2.05, 4.69) is 29.3 Å². The number of hydrogen-bond donors (Lipinski definition) is 0. The summed E-state index contributed by atoms with van der Waals surface area (Å²) in [6.45, 7) is -1.84. The first-order valence-electron chi connectivity index (χ1n) is 35.0. The molecule has 54 nitrogen and oxygen atoms in total. The third kappa shape index (κ3) is 32.2. The van der Waals surface area contributed by atoms with E-state index in [9.17, 15) is 78.1 Å². The number of carbonyl (C=O) groups excluding carboxylic acids is 4. The van der Waals surface area contributed by atoms with E-state index in [1.54, 1.807) is 0 Å². The fraction of sp³-hybridized carbons (Fsp3) is 0.932. The average molecular weight is 1930 g/mol. The van der Waals surface area contributed by atoms with Gasteiger partial charge in [0.05, 0.1) is 129 Å². The van der Waals surface area contributed by atoms with Gasteiger partial charge in [-0.1, -0.05) is 11.8 Å². The molecule has 0 bridgehead atoms. The van der Waals surface area contributed by atoms with Crippen molar-refractivity contribution in [2.45, 2.75) is 173 Å². The third-order valence-corrected chi connectivity index (χ3v) is 24.4. The maximum Gasteiger partial charge on any atom is 0.400 e.